The molecule has 0 heterocycles. The Hall–Kier alpha value is -1.14. The van der Waals surface area contributed by atoms with Gasteiger partial charge in [-0.1, -0.05) is 39.0 Å². The Labute approximate surface area is 182 Å². The van der Waals surface area contributed by atoms with Gasteiger partial charge in [-0.15, -0.1) is 0 Å². The van der Waals surface area contributed by atoms with E-state index in [0.29, 0.717) is 12.5 Å². The number of hydrogen-bond acceptors (Lipinski definition) is 4. The summed E-state index contributed by atoms with van der Waals surface area (Å²) in [5.74, 6) is 1.27. The molecule has 5 heteroatoms. The van der Waals surface area contributed by atoms with Crippen LogP contribution in [0.3, 0.4) is 0 Å². The van der Waals surface area contributed by atoms with Crippen LogP contribution in [0, 0.1) is 16.7 Å². The minimum absolute atomic E-state index is 0.0418. The molecule has 166 valence electrons. The summed E-state index contributed by atoms with van der Waals surface area (Å²) in [4.78, 5) is 0. The summed E-state index contributed by atoms with van der Waals surface area (Å²) >= 11 is 0. The van der Waals surface area contributed by atoms with Crippen molar-refractivity contribution in [3.63, 3.8) is 0 Å². The lowest BCUT2D eigenvalue weighted by atomic mass is 9.88. The highest BCUT2D eigenvalue weighted by atomic mass is 28.4. The van der Waals surface area contributed by atoms with E-state index in [1.165, 1.54) is 17.6 Å². The number of methoxy groups -OCH3 is 1. The maximum absolute atomic E-state index is 10.1. The third-order valence-corrected chi connectivity index (χ3v) is 13.1. The fourth-order valence-corrected chi connectivity index (χ4v) is 6.60. The molecule has 1 aromatic carbocycles. The van der Waals surface area contributed by atoms with E-state index < -0.39 is 8.32 Å². The molecule has 3 aliphatic rings. The molecule has 0 amide bonds. The predicted molar refractivity (Wildman–Crippen MR) is 122 cm³/mol. The monoisotopic (exact) mass is 430 g/mol. The highest BCUT2D eigenvalue weighted by Gasteiger charge is 2.77. The molecule has 0 unspecified atom stereocenters. The second kappa shape index (κ2) is 7.47. The Morgan fingerprint density at radius 2 is 1.87 bits per heavy atom. The van der Waals surface area contributed by atoms with Crippen LogP contribution in [0.2, 0.25) is 18.1 Å². The van der Waals surface area contributed by atoms with Crippen LogP contribution in [0.1, 0.15) is 45.6 Å². The van der Waals surface area contributed by atoms with Crippen molar-refractivity contribution in [3.8, 4) is 5.75 Å². The van der Waals surface area contributed by atoms with Crippen LogP contribution in [0.15, 0.2) is 35.9 Å². The van der Waals surface area contributed by atoms with Crippen molar-refractivity contribution in [2.45, 2.75) is 70.9 Å². The first-order valence-corrected chi connectivity index (χ1v) is 14.2. The van der Waals surface area contributed by atoms with Crippen LogP contribution < -0.4 is 4.74 Å². The SMILES string of the molecule is COc1ccc(CO[C@H]2CC[C@]34C[C@@]3(CO[Si](C)(C)C(C)(C)C)C(CO)=C[C@H]24)cc1. The minimum Gasteiger partial charge on any atom is -0.497 e. The van der Waals surface area contributed by atoms with Crippen LogP contribution in [0.25, 0.3) is 0 Å². The second-order valence-corrected chi connectivity index (χ2v) is 15.9. The summed E-state index contributed by atoms with van der Waals surface area (Å²) in [7, 11) is -0.131. The third kappa shape index (κ3) is 3.38. The van der Waals surface area contributed by atoms with Gasteiger partial charge in [-0.05, 0) is 66.1 Å². The van der Waals surface area contributed by atoms with E-state index in [0.717, 1.165) is 25.2 Å². The van der Waals surface area contributed by atoms with Gasteiger partial charge in [0.05, 0.1) is 26.4 Å². The van der Waals surface area contributed by atoms with Crippen molar-refractivity contribution in [1.29, 1.82) is 0 Å². The van der Waals surface area contributed by atoms with Gasteiger partial charge in [0.1, 0.15) is 5.75 Å². The molecule has 0 bridgehead atoms. The van der Waals surface area contributed by atoms with E-state index >= 15 is 0 Å². The van der Waals surface area contributed by atoms with E-state index in [-0.39, 0.29) is 28.6 Å². The lowest BCUT2D eigenvalue weighted by molar-refractivity contribution is 0.0192. The Morgan fingerprint density at radius 1 is 1.17 bits per heavy atom. The topological polar surface area (TPSA) is 47.9 Å². The summed E-state index contributed by atoms with van der Waals surface area (Å²) in [6.45, 7) is 13.0. The molecule has 0 radical (unpaired) electrons. The molecule has 4 nitrogen and oxygen atoms in total. The first-order chi connectivity index (χ1) is 14.1. The van der Waals surface area contributed by atoms with Crippen molar-refractivity contribution in [1.82, 2.24) is 0 Å². The van der Waals surface area contributed by atoms with Crippen molar-refractivity contribution in [2.75, 3.05) is 20.3 Å². The van der Waals surface area contributed by atoms with E-state index in [2.05, 4.69) is 52.1 Å². The number of ether oxygens (including phenoxy) is 2. The van der Waals surface area contributed by atoms with E-state index in [1.807, 2.05) is 12.1 Å². The molecule has 1 aromatic rings. The molecule has 4 rings (SSSR count). The maximum Gasteiger partial charge on any atom is 0.192 e. The Balaban J connectivity index is 1.43. The van der Waals surface area contributed by atoms with Crippen molar-refractivity contribution in [2.24, 2.45) is 16.7 Å². The van der Waals surface area contributed by atoms with Gasteiger partial charge in [-0.3, -0.25) is 0 Å². The molecule has 3 aliphatic carbocycles. The number of hydrogen-bond donors (Lipinski definition) is 1. The molecular formula is C25H38O4Si. The molecular weight excluding hydrogens is 392 g/mol. The second-order valence-electron chi connectivity index (χ2n) is 11.1. The molecule has 1 N–H and O–H groups in total. The molecule has 1 spiro atoms. The average Bonchev–Trinajstić information content (AvgIpc) is 3.09. The molecule has 2 saturated carbocycles. The minimum atomic E-state index is -1.82. The van der Waals surface area contributed by atoms with Crippen LogP contribution in [-0.4, -0.2) is 39.9 Å². The molecule has 30 heavy (non-hydrogen) atoms. The zero-order valence-corrected chi connectivity index (χ0v) is 20.5. The molecule has 2 fully saturated rings. The molecule has 4 atom stereocenters. The zero-order chi connectivity index (χ0) is 21.8. The number of aliphatic hydroxyl groups is 1. The smallest absolute Gasteiger partial charge is 0.192 e. The van der Waals surface area contributed by atoms with Crippen LogP contribution in [0.5, 0.6) is 5.75 Å². The normalized spacial score (nSPS) is 32.6. The standard InChI is InChI=1S/C25H38O4Si/c1-23(2,3)30(5,6)29-17-25-16-24(25)12-11-22(21(24)13-19(25)14-26)28-15-18-7-9-20(27-4)10-8-18/h7-10,13,21-22,26H,11-12,14-17H2,1-6H3/t21-,22+,24-,25-/m1/s1. The van der Waals surface area contributed by atoms with Gasteiger partial charge in [0.25, 0.3) is 0 Å². The Bertz CT molecular complexity index is 809. The zero-order valence-electron chi connectivity index (χ0n) is 19.5. The van der Waals surface area contributed by atoms with Gasteiger partial charge in [0, 0.05) is 17.9 Å². The van der Waals surface area contributed by atoms with E-state index in [4.69, 9.17) is 13.9 Å². The highest BCUT2D eigenvalue weighted by Crippen LogP contribution is 2.81. The maximum atomic E-state index is 10.1. The van der Waals surface area contributed by atoms with Gasteiger partial charge in [-0.25, -0.2) is 0 Å². The molecule has 0 saturated heterocycles. The number of benzene rings is 1. The van der Waals surface area contributed by atoms with Gasteiger partial charge in [0.15, 0.2) is 8.32 Å². The number of rotatable bonds is 8. The summed E-state index contributed by atoms with van der Waals surface area (Å²) in [5, 5.41) is 10.3. The van der Waals surface area contributed by atoms with Crippen LogP contribution in [0.4, 0.5) is 0 Å². The highest BCUT2D eigenvalue weighted by molar-refractivity contribution is 6.74. The number of aliphatic hydroxyl groups excluding tert-OH is 1. The van der Waals surface area contributed by atoms with Gasteiger partial charge in [-0.2, -0.15) is 0 Å². The Kier molecular flexibility index (Phi) is 5.50. The predicted octanol–water partition coefficient (Wildman–Crippen LogP) is 5.32. The fourth-order valence-electron chi connectivity index (χ4n) is 5.56. The van der Waals surface area contributed by atoms with Gasteiger partial charge >= 0.3 is 0 Å². The Morgan fingerprint density at radius 3 is 2.47 bits per heavy atom. The summed E-state index contributed by atoms with van der Waals surface area (Å²) in [5.41, 5.74) is 2.66. The van der Waals surface area contributed by atoms with Gasteiger partial charge in [0.2, 0.25) is 0 Å². The van der Waals surface area contributed by atoms with Crippen molar-refractivity contribution in [3.05, 3.63) is 41.5 Å². The molecule has 0 aromatic heterocycles. The summed E-state index contributed by atoms with van der Waals surface area (Å²) in [6.07, 6.45) is 5.98. The molecule has 0 aliphatic heterocycles. The first kappa shape index (κ1) is 22.1. The average molecular weight is 431 g/mol. The summed E-state index contributed by atoms with van der Waals surface area (Å²) < 4.78 is 18.3. The first-order valence-electron chi connectivity index (χ1n) is 11.3. The van der Waals surface area contributed by atoms with Crippen molar-refractivity contribution < 1.29 is 19.0 Å². The van der Waals surface area contributed by atoms with Gasteiger partial charge < -0.3 is 19.0 Å². The lowest BCUT2D eigenvalue weighted by Crippen LogP contribution is -2.43. The largest absolute Gasteiger partial charge is 0.497 e. The quantitative estimate of drug-likeness (QED) is 0.448. The summed E-state index contributed by atoms with van der Waals surface area (Å²) in [6, 6.07) is 8.11. The van der Waals surface area contributed by atoms with E-state index in [1.54, 1.807) is 7.11 Å². The van der Waals surface area contributed by atoms with Crippen LogP contribution >= 0.6 is 0 Å². The van der Waals surface area contributed by atoms with Crippen molar-refractivity contribution >= 4 is 8.32 Å². The van der Waals surface area contributed by atoms with Crippen LogP contribution in [-0.2, 0) is 15.8 Å². The van der Waals surface area contributed by atoms with E-state index in [9.17, 15) is 5.11 Å². The third-order valence-electron chi connectivity index (χ3n) is 8.63. The fraction of sp³-hybridized carbons (Fsp3) is 0.680. The lowest BCUT2D eigenvalue weighted by Gasteiger charge is -2.38.